The van der Waals surface area contributed by atoms with Crippen LogP contribution in [0.2, 0.25) is 0 Å². The zero-order valence-corrected chi connectivity index (χ0v) is 19.0. The number of hydrogen-bond donors (Lipinski definition) is 5. The molecule has 0 radical (unpaired) electrons. The van der Waals surface area contributed by atoms with Crippen molar-refractivity contribution in [3.63, 3.8) is 0 Å². The third-order valence-corrected chi connectivity index (χ3v) is 6.39. The van der Waals surface area contributed by atoms with Crippen molar-refractivity contribution in [2.24, 2.45) is 0 Å². The van der Waals surface area contributed by atoms with Crippen molar-refractivity contribution in [2.45, 2.75) is 42.0 Å². The summed E-state index contributed by atoms with van der Waals surface area (Å²) in [4.78, 5) is 46.0. The first-order valence-electron chi connectivity index (χ1n) is 9.53. The summed E-state index contributed by atoms with van der Waals surface area (Å²) in [6, 6.07) is 0. The zero-order valence-electron chi connectivity index (χ0n) is 17.4. The average molecular weight is 499 g/mol. The fourth-order valence-electron chi connectivity index (χ4n) is 2.43. The van der Waals surface area contributed by atoms with Crippen LogP contribution in [0.25, 0.3) is 0 Å². The molecule has 182 valence electrons. The number of carboxylic acid groups (broad SMARTS) is 2. The molecule has 0 aromatic rings. The van der Waals surface area contributed by atoms with Crippen LogP contribution in [0, 0.1) is 0 Å². The number of thioether (sulfide) groups is 2. The van der Waals surface area contributed by atoms with Crippen LogP contribution in [0.1, 0.15) is 13.8 Å². The van der Waals surface area contributed by atoms with Gasteiger partial charge in [-0.15, -0.1) is 0 Å². The van der Waals surface area contributed by atoms with Gasteiger partial charge in [-0.3, -0.25) is 9.59 Å². The lowest BCUT2D eigenvalue weighted by Gasteiger charge is -2.33. The number of amides is 2. The van der Waals surface area contributed by atoms with Crippen molar-refractivity contribution in [1.82, 2.24) is 10.6 Å². The number of ether oxygens (including phenoxy) is 4. The van der Waals surface area contributed by atoms with Gasteiger partial charge in [0.25, 0.3) is 22.1 Å². The molecular weight excluding hydrogens is 472 g/mol. The molecule has 2 heterocycles. The van der Waals surface area contributed by atoms with Gasteiger partial charge in [0.1, 0.15) is 0 Å². The SMILES string of the molecule is CC1(C(=O)O)OCC(SC(=O)NCC(O)CNC(=O)SC2COC(C)(C(=O)O)OC2)CO1. The Hall–Kier alpha value is -1.62. The minimum absolute atomic E-state index is 0.0108. The standard InChI is InChI=1S/C17H26N2O11S2/c1-16(12(21)22)27-5-10(6-28-16)31-14(25)18-3-9(20)4-19-15(26)32-11-7-29-17(2,13(23)24)30-8-11/h9-11,20H,3-8H2,1-2H3,(H,18,25)(H,19,26)(H,21,22)(H,23,24). The van der Waals surface area contributed by atoms with Gasteiger partial charge in [-0.25, -0.2) is 9.59 Å². The van der Waals surface area contributed by atoms with Crippen LogP contribution in [0.4, 0.5) is 9.59 Å². The van der Waals surface area contributed by atoms with E-state index in [0.717, 1.165) is 23.5 Å². The summed E-state index contributed by atoms with van der Waals surface area (Å²) in [7, 11) is 0. The molecule has 0 spiro atoms. The molecule has 2 aliphatic heterocycles. The van der Waals surface area contributed by atoms with E-state index < -0.39 is 50.6 Å². The largest absolute Gasteiger partial charge is 0.477 e. The zero-order chi connectivity index (χ0) is 23.9. The Bertz CT molecular complexity index is 649. The van der Waals surface area contributed by atoms with E-state index in [0.29, 0.717) is 0 Å². The van der Waals surface area contributed by atoms with Gasteiger partial charge in [-0.05, 0) is 0 Å². The monoisotopic (exact) mass is 498 g/mol. The number of carbonyl (C=O) groups excluding carboxylic acids is 2. The van der Waals surface area contributed by atoms with Gasteiger partial charge in [-0.2, -0.15) is 0 Å². The second kappa shape index (κ2) is 11.5. The molecule has 5 N–H and O–H groups in total. The number of carboxylic acids is 2. The summed E-state index contributed by atoms with van der Waals surface area (Å²) in [6.07, 6.45) is -1.05. The number of aliphatic hydroxyl groups is 1. The van der Waals surface area contributed by atoms with Crippen LogP contribution in [0.3, 0.4) is 0 Å². The van der Waals surface area contributed by atoms with Gasteiger partial charge < -0.3 is 44.9 Å². The van der Waals surface area contributed by atoms with Crippen LogP contribution in [0.15, 0.2) is 0 Å². The highest BCUT2D eigenvalue weighted by Crippen LogP contribution is 2.26. The van der Waals surface area contributed by atoms with Gasteiger partial charge in [0.05, 0.1) is 43.0 Å². The topological polar surface area (TPSA) is 190 Å². The van der Waals surface area contributed by atoms with Crippen LogP contribution in [-0.2, 0) is 28.5 Å². The van der Waals surface area contributed by atoms with E-state index in [2.05, 4.69) is 10.6 Å². The van der Waals surface area contributed by atoms with Crippen molar-refractivity contribution >= 4 is 45.9 Å². The van der Waals surface area contributed by atoms with Gasteiger partial charge in [0.2, 0.25) is 0 Å². The van der Waals surface area contributed by atoms with Gasteiger partial charge >= 0.3 is 11.9 Å². The molecule has 0 atom stereocenters. The lowest BCUT2D eigenvalue weighted by Crippen LogP contribution is -2.49. The molecule has 13 nitrogen and oxygen atoms in total. The molecule has 0 aromatic carbocycles. The predicted octanol–water partition coefficient (Wildman–Crippen LogP) is -0.335. The average Bonchev–Trinajstić information content (AvgIpc) is 2.74. The van der Waals surface area contributed by atoms with Crippen LogP contribution < -0.4 is 10.6 Å². The van der Waals surface area contributed by atoms with Gasteiger partial charge in [0, 0.05) is 26.9 Å². The number of rotatable bonds is 8. The Morgan fingerprint density at radius 3 is 1.41 bits per heavy atom. The molecule has 32 heavy (non-hydrogen) atoms. The highest BCUT2D eigenvalue weighted by atomic mass is 32.2. The molecule has 2 rings (SSSR count). The lowest BCUT2D eigenvalue weighted by molar-refractivity contribution is -0.255. The van der Waals surface area contributed by atoms with Crippen molar-refractivity contribution in [3.05, 3.63) is 0 Å². The van der Waals surface area contributed by atoms with Crippen LogP contribution in [0.5, 0.6) is 0 Å². The Labute approximate surface area is 191 Å². The van der Waals surface area contributed by atoms with E-state index in [9.17, 15) is 24.3 Å². The second-order valence-electron chi connectivity index (χ2n) is 7.22. The molecule has 0 bridgehead atoms. The molecule has 0 aromatic heterocycles. The van der Waals surface area contributed by atoms with Crippen molar-refractivity contribution in [1.29, 1.82) is 0 Å². The second-order valence-corrected chi connectivity index (χ2v) is 9.76. The Morgan fingerprint density at radius 1 is 0.812 bits per heavy atom. The third kappa shape index (κ3) is 7.75. The lowest BCUT2D eigenvalue weighted by atomic mass is 10.3. The summed E-state index contributed by atoms with van der Waals surface area (Å²) in [5, 5.41) is 31.2. The van der Waals surface area contributed by atoms with E-state index in [1.165, 1.54) is 13.8 Å². The van der Waals surface area contributed by atoms with E-state index in [1.54, 1.807) is 0 Å². The fraction of sp³-hybridized carbons (Fsp3) is 0.765. The number of hydrogen-bond acceptors (Lipinski definition) is 11. The first kappa shape index (κ1) is 26.6. The molecule has 2 saturated heterocycles. The number of nitrogens with one attached hydrogen (secondary N) is 2. The minimum Gasteiger partial charge on any atom is -0.477 e. The highest BCUT2D eigenvalue weighted by molar-refractivity contribution is 8.14. The van der Waals surface area contributed by atoms with Crippen LogP contribution >= 0.6 is 23.5 Å². The first-order chi connectivity index (χ1) is 14.9. The van der Waals surface area contributed by atoms with E-state index in [4.69, 9.17) is 29.2 Å². The quantitative estimate of drug-likeness (QED) is 0.292. The van der Waals surface area contributed by atoms with Crippen molar-refractivity contribution < 1.29 is 53.4 Å². The highest BCUT2D eigenvalue weighted by Gasteiger charge is 2.42. The maximum absolute atomic E-state index is 12.0. The summed E-state index contributed by atoms with van der Waals surface area (Å²) >= 11 is 1.72. The molecule has 0 unspecified atom stereocenters. The van der Waals surface area contributed by atoms with E-state index >= 15 is 0 Å². The maximum atomic E-state index is 12.0. The van der Waals surface area contributed by atoms with Gasteiger partial charge in [-0.1, -0.05) is 23.5 Å². The number of aliphatic hydroxyl groups excluding tert-OH is 1. The molecule has 15 heteroatoms. The molecular formula is C17H26N2O11S2. The maximum Gasteiger partial charge on any atom is 0.364 e. The molecule has 2 fully saturated rings. The Balaban J connectivity index is 1.59. The number of carbonyl (C=O) groups is 4. The first-order valence-corrected chi connectivity index (χ1v) is 11.3. The summed E-state index contributed by atoms with van der Waals surface area (Å²) in [6.45, 7) is 2.36. The predicted molar refractivity (Wildman–Crippen MR) is 111 cm³/mol. The minimum atomic E-state index is -1.73. The Morgan fingerprint density at radius 2 is 1.12 bits per heavy atom. The van der Waals surface area contributed by atoms with E-state index in [-0.39, 0.29) is 39.5 Å². The summed E-state index contributed by atoms with van der Waals surface area (Å²) in [5.74, 6) is -5.97. The summed E-state index contributed by atoms with van der Waals surface area (Å²) < 4.78 is 20.6. The van der Waals surface area contributed by atoms with Crippen molar-refractivity contribution in [2.75, 3.05) is 39.5 Å². The van der Waals surface area contributed by atoms with Gasteiger partial charge in [0.15, 0.2) is 0 Å². The van der Waals surface area contributed by atoms with Crippen LogP contribution in [-0.4, -0.2) is 105 Å². The normalized spacial score (nSPS) is 31.3. The van der Waals surface area contributed by atoms with Crippen molar-refractivity contribution in [3.8, 4) is 0 Å². The molecule has 0 saturated carbocycles. The Kier molecular flexibility index (Phi) is 9.56. The molecule has 2 amide bonds. The van der Waals surface area contributed by atoms with E-state index in [1.807, 2.05) is 0 Å². The third-order valence-electron chi connectivity index (χ3n) is 4.47. The molecule has 0 aliphatic carbocycles. The molecule has 2 aliphatic rings. The number of aliphatic carboxylic acids is 2. The fourth-order valence-corrected chi connectivity index (χ4v) is 3.91. The smallest absolute Gasteiger partial charge is 0.364 e. The summed E-state index contributed by atoms with van der Waals surface area (Å²) in [5.41, 5.74) is 0.